The number of rotatable bonds is 6. The Balaban J connectivity index is 1.53. The van der Waals surface area contributed by atoms with Crippen LogP contribution in [0.15, 0.2) is 46.3 Å². The second kappa shape index (κ2) is 7.63. The second-order valence-corrected chi connectivity index (χ2v) is 7.58. The molecule has 3 aromatic rings. The minimum Gasteiger partial charge on any atom is -0.338 e. The highest BCUT2D eigenvalue weighted by atomic mass is 32.2. The first-order chi connectivity index (χ1) is 11.6. The number of nitrogens with zero attached hydrogens (tertiary/aromatic N) is 2. The SMILES string of the molecule is Cc1cccc(NC(=O)[C@H](C)SCc2nc(-c3cccs3)no2)c1. The van der Waals surface area contributed by atoms with Crippen LogP contribution in [0.4, 0.5) is 5.69 Å². The summed E-state index contributed by atoms with van der Waals surface area (Å²) in [6, 6.07) is 11.6. The third kappa shape index (κ3) is 4.24. The highest BCUT2D eigenvalue weighted by molar-refractivity contribution is 7.99. The van der Waals surface area contributed by atoms with Crippen molar-refractivity contribution >= 4 is 34.7 Å². The van der Waals surface area contributed by atoms with Gasteiger partial charge in [-0.3, -0.25) is 4.79 Å². The molecular weight excluding hydrogens is 342 g/mol. The van der Waals surface area contributed by atoms with E-state index in [-0.39, 0.29) is 11.2 Å². The van der Waals surface area contributed by atoms with Crippen LogP contribution in [0.1, 0.15) is 18.4 Å². The summed E-state index contributed by atoms with van der Waals surface area (Å²) in [5.41, 5.74) is 1.92. The van der Waals surface area contributed by atoms with Gasteiger partial charge >= 0.3 is 0 Å². The summed E-state index contributed by atoms with van der Waals surface area (Å²) in [5.74, 6) is 1.58. The summed E-state index contributed by atoms with van der Waals surface area (Å²) in [4.78, 5) is 17.6. The van der Waals surface area contributed by atoms with Crippen molar-refractivity contribution in [1.29, 1.82) is 0 Å². The number of aryl methyl sites for hydroxylation is 1. The average molecular weight is 359 g/mol. The van der Waals surface area contributed by atoms with Gasteiger partial charge in [0.25, 0.3) is 0 Å². The Morgan fingerprint density at radius 2 is 2.25 bits per heavy atom. The fourth-order valence-electron chi connectivity index (χ4n) is 2.06. The number of carbonyl (C=O) groups is 1. The zero-order valence-corrected chi connectivity index (χ0v) is 15.0. The predicted octanol–water partition coefficient (Wildman–Crippen LogP) is 4.37. The van der Waals surface area contributed by atoms with Crippen LogP contribution in [-0.4, -0.2) is 21.3 Å². The highest BCUT2D eigenvalue weighted by Gasteiger charge is 2.16. The molecule has 0 bridgehead atoms. The predicted molar refractivity (Wildman–Crippen MR) is 98.2 cm³/mol. The molecule has 24 heavy (non-hydrogen) atoms. The van der Waals surface area contributed by atoms with E-state index in [0.29, 0.717) is 17.5 Å². The maximum atomic E-state index is 12.2. The number of nitrogens with one attached hydrogen (secondary N) is 1. The molecule has 1 aromatic carbocycles. The number of carbonyl (C=O) groups excluding carboxylic acids is 1. The molecule has 124 valence electrons. The molecule has 1 atom stereocenters. The van der Waals surface area contributed by atoms with E-state index >= 15 is 0 Å². The third-order valence-electron chi connectivity index (χ3n) is 3.32. The topological polar surface area (TPSA) is 68.0 Å². The number of hydrogen-bond donors (Lipinski definition) is 1. The van der Waals surface area contributed by atoms with Gasteiger partial charge in [0.1, 0.15) is 0 Å². The Morgan fingerprint density at radius 1 is 1.38 bits per heavy atom. The van der Waals surface area contributed by atoms with Crippen LogP contribution in [0, 0.1) is 6.92 Å². The first-order valence-electron chi connectivity index (χ1n) is 7.47. The molecule has 0 saturated carbocycles. The van der Waals surface area contributed by atoms with E-state index in [9.17, 15) is 4.79 Å². The van der Waals surface area contributed by atoms with Gasteiger partial charge in [-0.15, -0.1) is 23.1 Å². The van der Waals surface area contributed by atoms with E-state index in [1.54, 1.807) is 11.3 Å². The van der Waals surface area contributed by atoms with Crippen LogP contribution in [0.25, 0.3) is 10.7 Å². The van der Waals surface area contributed by atoms with Crippen molar-refractivity contribution in [3.63, 3.8) is 0 Å². The molecule has 1 amide bonds. The lowest BCUT2D eigenvalue weighted by Gasteiger charge is -2.11. The van der Waals surface area contributed by atoms with Gasteiger partial charge in [0, 0.05) is 5.69 Å². The van der Waals surface area contributed by atoms with Crippen molar-refractivity contribution < 1.29 is 9.32 Å². The summed E-state index contributed by atoms with van der Waals surface area (Å²) < 4.78 is 5.25. The molecule has 3 rings (SSSR count). The van der Waals surface area contributed by atoms with Crippen LogP contribution in [-0.2, 0) is 10.5 Å². The zero-order chi connectivity index (χ0) is 16.9. The lowest BCUT2D eigenvalue weighted by atomic mass is 10.2. The molecule has 0 aliphatic carbocycles. The maximum absolute atomic E-state index is 12.2. The molecule has 7 heteroatoms. The van der Waals surface area contributed by atoms with Gasteiger partial charge in [0.2, 0.25) is 17.6 Å². The molecule has 0 aliphatic heterocycles. The van der Waals surface area contributed by atoms with Crippen molar-refractivity contribution in [3.8, 4) is 10.7 Å². The van der Waals surface area contributed by atoms with Gasteiger partial charge in [0.15, 0.2) is 0 Å². The lowest BCUT2D eigenvalue weighted by Crippen LogP contribution is -2.22. The second-order valence-electron chi connectivity index (χ2n) is 5.30. The first kappa shape index (κ1) is 16.7. The summed E-state index contributed by atoms with van der Waals surface area (Å²) in [6.07, 6.45) is 0. The summed E-state index contributed by atoms with van der Waals surface area (Å²) in [7, 11) is 0. The zero-order valence-electron chi connectivity index (χ0n) is 13.4. The number of amides is 1. The standard InChI is InChI=1S/C17H17N3O2S2/c1-11-5-3-6-13(9-11)18-17(21)12(2)24-10-15-19-16(20-22-15)14-7-4-8-23-14/h3-9,12H,10H2,1-2H3,(H,18,21)/t12-/m0/s1. The Morgan fingerprint density at radius 3 is 3.00 bits per heavy atom. The van der Waals surface area contributed by atoms with Crippen molar-refractivity contribution in [2.45, 2.75) is 24.9 Å². The van der Waals surface area contributed by atoms with E-state index < -0.39 is 0 Å². The van der Waals surface area contributed by atoms with Crippen molar-refractivity contribution in [3.05, 3.63) is 53.2 Å². The highest BCUT2D eigenvalue weighted by Crippen LogP contribution is 2.24. The van der Waals surface area contributed by atoms with Crippen molar-refractivity contribution in [2.24, 2.45) is 0 Å². The summed E-state index contributed by atoms with van der Waals surface area (Å²) in [5, 5.41) is 8.64. The third-order valence-corrected chi connectivity index (χ3v) is 5.31. The average Bonchev–Trinajstić information content (AvgIpc) is 3.23. The number of thiophene rings is 1. The molecule has 1 N–H and O–H groups in total. The summed E-state index contributed by atoms with van der Waals surface area (Å²) in [6.45, 7) is 3.86. The minimum atomic E-state index is -0.220. The molecule has 0 fully saturated rings. The molecule has 0 aliphatic rings. The van der Waals surface area contributed by atoms with E-state index in [1.807, 2.05) is 55.6 Å². The van der Waals surface area contributed by atoms with Crippen LogP contribution < -0.4 is 5.32 Å². The summed E-state index contributed by atoms with van der Waals surface area (Å²) >= 11 is 3.03. The van der Waals surface area contributed by atoms with Crippen LogP contribution in [0.3, 0.4) is 0 Å². The number of benzene rings is 1. The number of anilines is 1. The Labute approximate surface area is 148 Å². The molecule has 0 spiro atoms. The van der Waals surface area contributed by atoms with Crippen molar-refractivity contribution in [1.82, 2.24) is 10.1 Å². The number of aromatic nitrogens is 2. The molecule has 2 aromatic heterocycles. The van der Waals surface area contributed by atoms with Gasteiger partial charge in [-0.05, 0) is 43.0 Å². The number of hydrogen-bond acceptors (Lipinski definition) is 6. The minimum absolute atomic E-state index is 0.0383. The van der Waals surface area contributed by atoms with Crippen LogP contribution in [0.5, 0.6) is 0 Å². The smallest absolute Gasteiger partial charge is 0.237 e. The molecule has 0 saturated heterocycles. The van der Waals surface area contributed by atoms with Crippen LogP contribution in [0.2, 0.25) is 0 Å². The number of thioether (sulfide) groups is 1. The largest absolute Gasteiger partial charge is 0.338 e. The van der Waals surface area contributed by atoms with E-state index in [2.05, 4.69) is 15.5 Å². The maximum Gasteiger partial charge on any atom is 0.237 e. The van der Waals surface area contributed by atoms with E-state index in [4.69, 9.17) is 4.52 Å². The molecule has 2 heterocycles. The molecule has 0 unspecified atom stereocenters. The Hall–Kier alpha value is -2.12. The molecule has 5 nitrogen and oxygen atoms in total. The van der Waals surface area contributed by atoms with Gasteiger partial charge in [0.05, 0.1) is 15.9 Å². The van der Waals surface area contributed by atoms with Gasteiger partial charge in [-0.25, -0.2) is 0 Å². The fraction of sp³-hybridized carbons (Fsp3) is 0.235. The monoisotopic (exact) mass is 359 g/mol. The molecular formula is C17H17N3O2S2. The van der Waals surface area contributed by atoms with Gasteiger partial charge in [-0.1, -0.05) is 23.4 Å². The first-order valence-corrected chi connectivity index (χ1v) is 9.40. The van der Waals surface area contributed by atoms with E-state index in [0.717, 1.165) is 16.1 Å². The molecule has 0 radical (unpaired) electrons. The van der Waals surface area contributed by atoms with Crippen molar-refractivity contribution in [2.75, 3.05) is 5.32 Å². The van der Waals surface area contributed by atoms with Gasteiger partial charge < -0.3 is 9.84 Å². The van der Waals surface area contributed by atoms with Crippen LogP contribution >= 0.6 is 23.1 Å². The lowest BCUT2D eigenvalue weighted by molar-refractivity contribution is -0.115. The fourth-order valence-corrected chi connectivity index (χ4v) is 3.43. The normalized spacial score (nSPS) is 12.1. The quantitative estimate of drug-likeness (QED) is 0.708. The van der Waals surface area contributed by atoms with E-state index in [1.165, 1.54) is 11.8 Å². The Bertz CT molecular complexity index is 815. The van der Waals surface area contributed by atoms with Gasteiger partial charge in [-0.2, -0.15) is 4.98 Å². The Kier molecular flexibility index (Phi) is 5.32.